The number of halogens is 3. The fraction of sp³-hybridized carbons (Fsp3) is 0.471. The van der Waals surface area contributed by atoms with E-state index >= 15 is 0 Å². The Bertz CT molecular complexity index is 1000. The number of fused-ring (bicyclic) bond motifs is 1. The first kappa shape index (κ1) is 18.9. The van der Waals surface area contributed by atoms with E-state index in [1.54, 1.807) is 0 Å². The zero-order valence-corrected chi connectivity index (χ0v) is 15.8. The molecule has 3 heterocycles. The second kappa shape index (κ2) is 6.59. The van der Waals surface area contributed by atoms with Crippen molar-refractivity contribution in [1.82, 2.24) is 19.6 Å². The minimum atomic E-state index is -4.59. The Morgan fingerprint density at radius 1 is 1.29 bits per heavy atom. The van der Waals surface area contributed by atoms with E-state index in [4.69, 9.17) is 5.73 Å². The van der Waals surface area contributed by atoms with Crippen LogP contribution >= 0.6 is 11.3 Å². The molecule has 3 aromatic rings. The molecule has 4 rings (SSSR count). The molecule has 1 saturated carbocycles. The van der Waals surface area contributed by atoms with Gasteiger partial charge in [-0.3, -0.25) is 0 Å². The summed E-state index contributed by atoms with van der Waals surface area (Å²) in [5, 5.41) is 18.5. The number of nitrogens with one attached hydrogen (secondary N) is 1. The van der Waals surface area contributed by atoms with Gasteiger partial charge < -0.3 is 16.2 Å². The minimum Gasteiger partial charge on any atom is -0.390 e. The lowest BCUT2D eigenvalue weighted by molar-refractivity contribution is -0.137. The second-order valence-corrected chi connectivity index (χ2v) is 8.27. The van der Waals surface area contributed by atoms with Crippen molar-refractivity contribution < 1.29 is 18.3 Å². The van der Waals surface area contributed by atoms with Crippen LogP contribution in [-0.2, 0) is 6.18 Å². The van der Waals surface area contributed by atoms with Crippen molar-refractivity contribution >= 4 is 27.2 Å². The summed E-state index contributed by atoms with van der Waals surface area (Å²) in [5.74, 6) is -0.564. The van der Waals surface area contributed by atoms with E-state index in [1.165, 1.54) is 28.2 Å². The smallest absolute Gasteiger partial charge is 0.390 e. The molecule has 0 amide bonds. The summed E-state index contributed by atoms with van der Waals surface area (Å²) in [4.78, 5) is 8.48. The fourth-order valence-electron chi connectivity index (χ4n) is 3.35. The number of pyridine rings is 1. The molecule has 0 spiro atoms. The molecule has 7 nitrogen and oxygen atoms in total. The number of imidazole rings is 1. The van der Waals surface area contributed by atoms with Crippen molar-refractivity contribution in [1.29, 1.82) is 0 Å². The van der Waals surface area contributed by atoms with Gasteiger partial charge in [-0.25, -0.2) is 14.5 Å². The van der Waals surface area contributed by atoms with Crippen LogP contribution in [0, 0.1) is 0 Å². The Hall–Kier alpha value is -2.40. The molecule has 0 bridgehead atoms. The third-order valence-electron chi connectivity index (χ3n) is 5.00. The van der Waals surface area contributed by atoms with Crippen LogP contribution in [-0.4, -0.2) is 36.3 Å². The third-order valence-corrected chi connectivity index (χ3v) is 5.85. The average molecular weight is 412 g/mol. The van der Waals surface area contributed by atoms with Gasteiger partial charge >= 0.3 is 6.18 Å². The first-order chi connectivity index (χ1) is 13.1. The van der Waals surface area contributed by atoms with Gasteiger partial charge in [0.2, 0.25) is 10.1 Å². The van der Waals surface area contributed by atoms with E-state index in [0.717, 1.165) is 18.9 Å². The summed E-state index contributed by atoms with van der Waals surface area (Å²) in [6.07, 6.45) is 1.20. The van der Waals surface area contributed by atoms with Crippen LogP contribution in [0.1, 0.15) is 38.2 Å². The molecule has 4 N–H and O–H groups in total. The number of hydrogen-bond donors (Lipinski definition) is 3. The van der Waals surface area contributed by atoms with Crippen LogP contribution in [0.4, 0.5) is 24.1 Å². The Labute approximate surface area is 162 Å². The number of alkyl halides is 3. The van der Waals surface area contributed by atoms with Crippen molar-refractivity contribution in [2.24, 2.45) is 0 Å². The average Bonchev–Trinajstić information content (AvgIpc) is 3.16. The van der Waals surface area contributed by atoms with Crippen molar-refractivity contribution in [3.63, 3.8) is 0 Å². The van der Waals surface area contributed by atoms with Gasteiger partial charge in [0, 0.05) is 17.8 Å². The highest BCUT2D eigenvalue weighted by molar-refractivity contribution is 7.20. The molecule has 11 heteroatoms. The molecule has 28 heavy (non-hydrogen) atoms. The van der Waals surface area contributed by atoms with E-state index in [1.807, 2.05) is 6.92 Å². The van der Waals surface area contributed by atoms with Crippen LogP contribution in [0.2, 0.25) is 0 Å². The lowest BCUT2D eigenvalue weighted by Crippen LogP contribution is -2.35. The van der Waals surface area contributed by atoms with Gasteiger partial charge in [-0.2, -0.15) is 13.2 Å². The van der Waals surface area contributed by atoms with Crippen LogP contribution in [0.15, 0.2) is 18.5 Å². The Morgan fingerprint density at radius 2 is 2.00 bits per heavy atom. The first-order valence-corrected chi connectivity index (χ1v) is 9.61. The van der Waals surface area contributed by atoms with E-state index in [-0.39, 0.29) is 11.6 Å². The van der Waals surface area contributed by atoms with Crippen LogP contribution < -0.4 is 11.1 Å². The SMILES string of the molecule is CC1(O)CCC(Nc2nn3c(-c4cnc(N)c(C(F)(F)F)c4)cnc3s2)CC1. The highest BCUT2D eigenvalue weighted by atomic mass is 32.1. The predicted molar refractivity (Wildman–Crippen MR) is 100 cm³/mol. The van der Waals surface area contributed by atoms with E-state index in [9.17, 15) is 18.3 Å². The van der Waals surface area contributed by atoms with Crippen LogP contribution in [0.25, 0.3) is 16.2 Å². The standard InChI is InChI=1S/C17H19F3N6OS/c1-16(27)4-2-10(3-5-16)24-14-25-26-12(8-23-15(26)28-14)9-6-11(17(18,19)20)13(21)22-7-9/h6-8,10,27H,2-5H2,1H3,(H2,21,22)(H,24,25). The van der Waals surface area contributed by atoms with Gasteiger partial charge in [-0.1, -0.05) is 11.3 Å². The van der Waals surface area contributed by atoms with Crippen molar-refractivity contribution in [3.05, 3.63) is 24.0 Å². The second-order valence-electron chi connectivity index (χ2n) is 7.32. The molecule has 1 aliphatic carbocycles. The lowest BCUT2D eigenvalue weighted by Gasteiger charge is -2.33. The zero-order chi connectivity index (χ0) is 20.1. The molecule has 0 aliphatic heterocycles. The number of rotatable bonds is 3. The molecule has 1 fully saturated rings. The molecule has 0 radical (unpaired) electrons. The molecular weight excluding hydrogens is 393 g/mol. The van der Waals surface area contributed by atoms with Gasteiger partial charge in [-0.15, -0.1) is 5.10 Å². The molecule has 0 aromatic carbocycles. The third kappa shape index (κ3) is 3.63. The van der Waals surface area contributed by atoms with Gasteiger partial charge in [0.05, 0.1) is 23.1 Å². The first-order valence-electron chi connectivity index (χ1n) is 8.79. The Kier molecular flexibility index (Phi) is 4.46. The molecule has 0 unspecified atom stereocenters. The molecular formula is C17H19F3N6OS. The summed E-state index contributed by atoms with van der Waals surface area (Å²) < 4.78 is 40.9. The van der Waals surface area contributed by atoms with Crippen molar-refractivity contribution in [3.8, 4) is 11.3 Å². The van der Waals surface area contributed by atoms with Crippen LogP contribution in [0.5, 0.6) is 0 Å². The van der Waals surface area contributed by atoms with Crippen molar-refractivity contribution in [2.75, 3.05) is 11.1 Å². The van der Waals surface area contributed by atoms with Crippen LogP contribution in [0.3, 0.4) is 0 Å². The van der Waals surface area contributed by atoms with Crippen molar-refractivity contribution in [2.45, 2.75) is 50.4 Å². The molecule has 0 atom stereocenters. The summed E-state index contributed by atoms with van der Waals surface area (Å²) in [5.41, 5.74) is 4.41. The van der Waals surface area contributed by atoms with Gasteiger partial charge in [0.25, 0.3) is 0 Å². The topological polar surface area (TPSA) is 101 Å². The minimum absolute atomic E-state index is 0.189. The largest absolute Gasteiger partial charge is 0.419 e. The van der Waals surface area contributed by atoms with E-state index in [0.29, 0.717) is 28.6 Å². The number of hydrogen-bond acceptors (Lipinski definition) is 7. The molecule has 3 aromatic heterocycles. The van der Waals surface area contributed by atoms with Gasteiger partial charge in [0.1, 0.15) is 5.82 Å². The normalized spacial score (nSPS) is 23.2. The monoisotopic (exact) mass is 412 g/mol. The molecule has 1 aliphatic rings. The summed E-state index contributed by atoms with van der Waals surface area (Å²) in [6, 6.07) is 1.15. The van der Waals surface area contributed by atoms with Gasteiger partial charge in [0.15, 0.2) is 0 Å². The quantitative estimate of drug-likeness (QED) is 0.608. The highest BCUT2D eigenvalue weighted by Crippen LogP contribution is 2.36. The molecule has 150 valence electrons. The zero-order valence-electron chi connectivity index (χ0n) is 15.0. The number of nitrogens with zero attached hydrogens (tertiary/aromatic N) is 4. The van der Waals surface area contributed by atoms with E-state index in [2.05, 4.69) is 20.4 Å². The van der Waals surface area contributed by atoms with E-state index < -0.39 is 23.2 Å². The highest BCUT2D eigenvalue weighted by Gasteiger charge is 2.34. The maximum Gasteiger partial charge on any atom is 0.419 e. The molecule has 0 saturated heterocycles. The Balaban J connectivity index is 1.60. The predicted octanol–water partition coefficient (Wildman–Crippen LogP) is 3.56. The number of aromatic nitrogens is 4. The Morgan fingerprint density at radius 3 is 2.68 bits per heavy atom. The maximum absolute atomic E-state index is 13.1. The summed E-state index contributed by atoms with van der Waals surface area (Å²) in [6.45, 7) is 1.84. The number of anilines is 2. The number of nitrogens with two attached hydrogens (primary N) is 1. The number of nitrogen functional groups attached to an aromatic ring is 1. The fourth-order valence-corrected chi connectivity index (χ4v) is 4.20. The lowest BCUT2D eigenvalue weighted by atomic mass is 9.84. The summed E-state index contributed by atoms with van der Waals surface area (Å²) >= 11 is 1.32. The van der Waals surface area contributed by atoms with Gasteiger partial charge in [-0.05, 0) is 38.7 Å². The summed E-state index contributed by atoms with van der Waals surface area (Å²) in [7, 11) is 0. The maximum atomic E-state index is 13.1. The number of aliphatic hydroxyl groups is 1.